The zero-order valence-corrected chi connectivity index (χ0v) is 17.6. The van der Waals surface area contributed by atoms with Gasteiger partial charge in [-0.05, 0) is 37.8 Å². The SMILES string of the molecule is O=C(CN1C(=O)[C@H]2CC=CC[C@@H]2C1=O)OCC(=O)N(c1ccccc1)C1CCCCC1. The van der Waals surface area contributed by atoms with Crippen molar-refractivity contribution >= 4 is 29.4 Å². The minimum Gasteiger partial charge on any atom is -0.454 e. The highest BCUT2D eigenvalue weighted by molar-refractivity contribution is 6.07. The third kappa shape index (κ3) is 4.55. The molecule has 3 amide bonds. The first-order valence-electron chi connectivity index (χ1n) is 11.1. The lowest BCUT2D eigenvalue weighted by atomic mass is 9.85. The molecule has 0 unspecified atom stereocenters. The number of anilines is 1. The molecule has 7 heteroatoms. The summed E-state index contributed by atoms with van der Waals surface area (Å²) < 4.78 is 5.22. The molecular formula is C24H28N2O5. The summed E-state index contributed by atoms with van der Waals surface area (Å²) in [5, 5.41) is 0. The molecule has 0 aromatic heterocycles. The third-order valence-electron chi connectivity index (χ3n) is 6.49. The van der Waals surface area contributed by atoms with Gasteiger partial charge in [-0.2, -0.15) is 0 Å². The first kappa shape index (κ1) is 21.3. The number of allylic oxidation sites excluding steroid dienone is 2. The van der Waals surface area contributed by atoms with Crippen LogP contribution in [0.25, 0.3) is 0 Å². The number of nitrogens with zero attached hydrogens (tertiary/aromatic N) is 2. The molecule has 31 heavy (non-hydrogen) atoms. The molecule has 2 aliphatic carbocycles. The second-order valence-electron chi connectivity index (χ2n) is 8.47. The summed E-state index contributed by atoms with van der Waals surface area (Å²) in [7, 11) is 0. The van der Waals surface area contributed by atoms with E-state index in [4.69, 9.17) is 4.74 Å². The summed E-state index contributed by atoms with van der Waals surface area (Å²) in [6, 6.07) is 9.49. The van der Waals surface area contributed by atoms with Gasteiger partial charge in [0.1, 0.15) is 6.54 Å². The van der Waals surface area contributed by atoms with Crippen LogP contribution in [0.5, 0.6) is 0 Å². The Morgan fingerprint density at radius 1 is 0.935 bits per heavy atom. The van der Waals surface area contributed by atoms with Gasteiger partial charge in [0.05, 0.1) is 11.8 Å². The second-order valence-corrected chi connectivity index (χ2v) is 8.47. The number of carbonyl (C=O) groups excluding carboxylic acids is 4. The fourth-order valence-corrected chi connectivity index (χ4v) is 4.90. The van der Waals surface area contributed by atoms with Crippen LogP contribution in [0, 0.1) is 11.8 Å². The van der Waals surface area contributed by atoms with Crippen molar-refractivity contribution < 1.29 is 23.9 Å². The fourth-order valence-electron chi connectivity index (χ4n) is 4.90. The van der Waals surface area contributed by atoms with Gasteiger partial charge in [0.15, 0.2) is 6.61 Å². The van der Waals surface area contributed by atoms with Gasteiger partial charge in [0.2, 0.25) is 11.8 Å². The zero-order valence-electron chi connectivity index (χ0n) is 17.6. The number of imide groups is 1. The van der Waals surface area contributed by atoms with Crippen molar-refractivity contribution in [1.82, 2.24) is 4.90 Å². The van der Waals surface area contributed by atoms with Crippen LogP contribution in [0.1, 0.15) is 44.9 Å². The van der Waals surface area contributed by atoms with Gasteiger partial charge in [0.25, 0.3) is 5.91 Å². The Morgan fingerprint density at radius 2 is 1.55 bits per heavy atom. The molecule has 164 valence electrons. The van der Waals surface area contributed by atoms with Crippen LogP contribution in [0.3, 0.4) is 0 Å². The van der Waals surface area contributed by atoms with Crippen LogP contribution in [0.4, 0.5) is 5.69 Å². The van der Waals surface area contributed by atoms with Gasteiger partial charge in [-0.3, -0.25) is 24.1 Å². The van der Waals surface area contributed by atoms with E-state index in [1.807, 2.05) is 42.5 Å². The van der Waals surface area contributed by atoms with E-state index < -0.39 is 19.1 Å². The minimum atomic E-state index is -0.738. The summed E-state index contributed by atoms with van der Waals surface area (Å²) in [6.07, 6.45) is 9.98. The van der Waals surface area contributed by atoms with Crippen molar-refractivity contribution in [2.24, 2.45) is 11.8 Å². The number of hydrogen-bond acceptors (Lipinski definition) is 5. The van der Waals surface area contributed by atoms with Crippen LogP contribution in [0.15, 0.2) is 42.5 Å². The van der Waals surface area contributed by atoms with Crippen molar-refractivity contribution in [3.8, 4) is 0 Å². The molecule has 0 bridgehead atoms. The highest BCUT2D eigenvalue weighted by atomic mass is 16.5. The lowest BCUT2D eigenvalue weighted by Crippen LogP contribution is -2.44. The number of esters is 1. The number of carbonyl (C=O) groups is 4. The Balaban J connectivity index is 1.37. The van der Waals surface area contributed by atoms with E-state index in [-0.39, 0.29) is 35.6 Å². The predicted molar refractivity (Wildman–Crippen MR) is 114 cm³/mol. The number of fused-ring (bicyclic) bond motifs is 1. The van der Waals surface area contributed by atoms with Crippen LogP contribution >= 0.6 is 0 Å². The van der Waals surface area contributed by atoms with Crippen LogP contribution < -0.4 is 4.90 Å². The number of rotatable bonds is 6. The predicted octanol–water partition coefficient (Wildman–Crippen LogP) is 2.85. The van der Waals surface area contributed by atoms with E-state index in [2.05, 4.69) is 0 Å². The number of likely N-dealkylation sites (tertiary alicyclic amines) is 1. The molecule has 0 N–H and O–H groups in total. The molecule has 4 rings (SSSR count). The van der Waals surface area contributed by atoms with Crippen molar-refractivity contribution in [3.05, 3.63) is 42.5 Å². The molecular weight excluding hydrogens is 396 g/mol. The Kier molecular flexibility index (Phi) is 6.49. The molecule has 1 heterocycles. The molecule has 1 saturated heterocycles. The average molecular weight is 424 g/mol. The van der Waals surface area contributed by atoms with E-state index in [0.717, 1.165) is 42.7 Å². The van der Waals surface area contributed by atoms with E-state index in [1.165, 1.54) is 0 Å². The molecule has 1 aromatic rings. The molecule has 2 fully saturated rings. The first-order valence-corrected chi connectivity index (χ1v) is 11.1. The number of hydrogen-bond donors (Lipinski definition) is 0. The van der Waals surface area contributed by atoms with Crippen molar-refractivity contribution in [1.29, 1.82) is 0 Å². The molecule has 3 aliphatic rings. The summed E-state index contributed by atoms with van der Waals surface area (Å²) in [4.78, 5) is 53.1. The smallest absolute Gasteiger partial charge is 0.326 e. The fraction of sp³-hybridized carbons (Fsp3) is 0.500. The first-order chi connectivity index (χ1) is 15.1. The van der Waals surface area contributed by atoms with Gasteiger partial charge in [-0.1, -0.05) is 49.6 Å². The van der Waals surface area contributed by atoms with Gasteiger partial charge >= 0.3 is 5.97 Å². The Bertz CT molecular complexity index is 849. The largest absolute Gasteiger partial charge is 0.454 e. The molecule has 1 aromatic carbocycles. The quantitative estimate of drug-likeness (QED) is 0.398. The topological polar surface area (TPSA) is 84.0 Å². The van der Waals surface area contributed by atoms with Crippen molar-refractivity contribution in [3.63, 3.8) is 0 Å². The summed E-state index contributed by atoms with van der Waals surface area (Å²) >= 11 is 0. The van der Waals surface area contributed by atoms with E-state index >= 15 is 0 Å². The summed E-state index contributed by atoms with van der Waals surface area (Å²) in [6.45, 7) is -0.846. The molecule has 0 spiro atoms. The minimum absolute atomic E-state index is 0.0831. The van der Waals surface area contributed by atoms with Gasteiger partial charge < -0.3 is 9.64 Å². The average Bonchev–Trinajstić information content (AvgIpc) is 3.04. The lowest BCUT2D eigenvalue weighted by molar-refractivity contribution is -0.154. The maximum atomic E-state index is 13.0. The van der Waals surface area contributed by atoms with E-state index in [9.17, 15) is 19.2 Å². The van der Waals surface area contributed by atoms with Crippen molar-refractivity contribution in [2.75, 3.05) is 18.1 Å². The molecule has 1 saturated carbocycles. The highest BCUT2D eigenvalue weighted by Gasteiger charge is 2.47. The second kappa shape index (κ2) is 9.45. The normalized spacial score (nSPS) is 23.5. The van der Waals surface area contributed by atoms with Gasteiger partial charge in [-0.25, -0.2) is 0 Å². The molecule has 7 nitrogen and oxygen atoms in total. The Labute approximate surface area is 182 Å². The van der Waals surface area contributed by atoms with Crippen LogP contribution in [-0.2, 0) is 23.9 Å². The summed E-state index contributed by atoms with van der Waals surface area (Å²) in [5.74, 6) is -2.44. The zero-order chi connectivity index (χ0) is 21.8. The van der Waals surface area contributed by atoms with Crippen molar-refractivity contribution in [2.45, 2.75) is 51.0 Å². The number of ether oxygens (including phenoxy) is 1. The molecule has 2 atom stereocenters. The van der Waals surface area contributed by atoms with Crippen LogP contribution in [0.2, 0.25) is 0 Å². The molecule has 0 radical (unpaired) electrons. The van der Waals surface area contributed by atoms with Crippen LogP contribution in [-0.4, -0.2) is 47.8 Å². The number of para-hydroxylation sites is 1. The maximum Gasteiger partial charge on any atom is 0.326 e. The van der Waals surface area contributed by atoms with Gasteiger partial charge in [0, 0.05) is 11.7 Å². The highest BCUT2D eigenvalue weighted by Crippen LogP contribution is 2.35. The summed E-state index contributed by atoms with van der Waals surface area (Å²) in [5.41, 5.74) is 0.789. The van der Waals surface area contributed by atoms with E-state index in [0.29, 0.717) is 12.8 Å². The number of amides is 3. The van der Waals surface area contributed by atoms with Gasteiger partial charge in [-0.15, -0.1) is 0 Å². The number of benzene rings is 1. The monoisotopic (exact) mass is 424 g/mol. The maximum absolute atomic E-state index is 13.0. The molecule has 1 aliphatic heterocycles. The lowest BCUT2D eigenvalue weighted by Gasteiger charge is -2.34. The Hall–Kier alpha value is -2.96. The Morgan fingerprint density at radius 3 is 2.16 bits per heavy atom. The van der Waals surface area contributed by atoms with E-state index in [1.54, 1.807) is 4.90 Å². The standard InChI is InChI=1S/C24H28N2O5/c27-21(26(17-9-3-1-4-10-17)18-11-5-2-6-12-18)16-31-22(28)15-25-23(29)19-13-7-8-14-20(19)24(25)30/h1,3-4,7-10,18-20H,2,5-6,11-16H2/t19-,20-/m0/s1. The third-order valence-corrected chi connectivity index (χ3v) is 6.49.